The van der Waals surface area contributed by atoms with Crippen molar-refractivity contribution in [2.45, 2.75) is 44.7 Å². The van der Waals surface area contributed by atoms with E-state index in [0.717, 1.165) is 12.8 Å². The van der Waals surface area contributed by atoms with Gasteiger partial charge in [0.15, 0.2) is 0 Å². The maximum Gasteiger partial charge on any atom is 0.255 e. The zero-order valence-corrected chi connectivity index (χ0v) is 12.4. The number of carbonyl (C=O) groups excluding carboxylic acids is 1. The number of amides is 1. The van der Waals surface area contributed by atoms with Gasteiger partial charge in [0.25, 0.3) is 5.91 Å². The van der Waals surface area contributed by atoms with Crippen LogP contribution in [0.15, 0.2) is 18.2 Å². The molecule has 0 radical (unpaired) electrons. The van der Waals surface area contributed by atoms with E-state index in [-0.39, 0.29) is 5.91 Å². The Balaban J connectivity index is 1.89. The van der Waals surface area contributed by atoms with Crippen molar-refractivity contribution in [3.05, 3.63) is 33.8 Å². The Morgan fingerprint density at radius 2 is 1.95 bits per heavy atom. The Hall–Kier alpha value is -0.730. The van der Waals surface area contributed by atoms with Gasteiger partial charge in [-0.25, -0.2) is 0 Å². The second-order valence-electron chi connectivity index (χ2n) is 5.62. The molecule has 2 nitrogen and oxygen atoms in total. The topological polar surface area (TPSA) is 20.3 Å². The fraction of sp³-hybridized carbons (Fsp3) is 0.533. The molecule has 4 heteroatoms. The monoisotopic (exact) mass is 297 g/mol. The van der Waals surface area contributed by atoms with Gasteiger partial charge in [0.1, 0.15) is 0 Å². The highest BCUT2D eigenvalue weighted by Crippen LogP contribution is 2.41. The number of hydrogen-bond acceptors (Lipinski definition) is 1. The van der Waals surface area contributed by atoms with Crippen molar-refractivity contribution < 1.29 is 4.79 Å². The van der Waals surface area contributed by atoms with Crippen molar-refractivity contribution in [2.24, 2.45) is 5.92 Å². The van der Waals surface area contributed by atoms with E-state index in [1.165, 1.54) is 12.8 Å². The molecule has 1 aromatic rings. The van der Waals surface area contributed by atoms with Gasteiger partial charge in [-0.1, -0.05) is 29.3 Å². The third kappa shape index (κ3) is 2.61. The summed E-state index contributed by atoms with van der Waals surface area (Å²) < 4.78 is 0. The second kappa shape index (κ2) is 4.99. The van der Waals surface area contributed by atoms with Gasteiger partial charge >= 0.3 is 0 Å². The predicted molar refractivity (Wildman–Crippen MR) is 77.8 cm³/mol. The van der Waals surface area contributed by atoms with E-state index in [0.29, 0.717) is 33.6 Å². The number of benzene rings is 1. The van der Waals surface area contributed by atoms with Crippen molar-refractivity contribution in [1.29, 1.82) is 0 Å². The Bertz CT molecular complexity index is 509. The van der Waals surface area contributed by atoms with Crippen LogP contribution in [0.3, 0.4) is 0 Å². The fourth-order valence-corrected chi connectivity index (χ4v) is 3.03. The molecule has 1 atom stereocenters. The minimum atomic E-state index is 0.0365. The average molecular weight is 298 g/mol. The van der Waals surface area contributed by atoms with Crippen LogP contribution in [-0.4, -0.2) is 22.9 Å². The van der Waals surface area contributed by atoms with Gasteiger partial charge < -0.3 is 4.90 Å². The molecule has 1 aromatic carbocycles. The summed E-state index contributed by atoms with van der Waals surface area (Å²) in [6.45, 7) is 2.16. The summed E-state index contributed by atoms with van der Waals surface area (Å²) in [4.78, 5) is 14.8. The van der Waals surface area contributed by atoms with Crippen molar-refractivity contribution in [1.82, 2.24) is 4.90 Å². The molecular weight excluding hydrogens is 281 g/mol. The Morgan fingerprint density at radius 1 is 1.26 bits per heavy atom. The quantitative estimate of drug-likeness (QED) is 0.807. The Morgan fingerprint density at radius 3 is 2.53 bits per heavy atom. The molecule has 0 spiro atoms. The lowest BCUT2D eigenvalue weighted by atomic mass is 10.1. The van der Waals surface area contributed by atoms with Gasteiger partial charge in [0.05, 0.1) is 15.6 Å². The van der Waals surface area contributed by atoms with Crippen LogP contribution in [0, 0.1) is 5.92 Å². The lowest BCUT2D eigenvalue weighted by Gasteiger charge is -2.30. The number of halogens is 2. The number of rotatable bonds is 4. The van der Waals surface area contributed by atoms with Gasteiger partial charge in [-0.05, 0) is 50.7 Å². The van der Waals surface area contributed by atoms with Crippen LogP contribution < -0.4 is 0 Å². The van der Waals surface area contributed by atoms with Gasteiger partial charge in [-0.15, -0.1) is 0 Å². The lowest BCUT2D eigenvalue weighted by Crippen LogP contribution is -2.41. The first-order valence-corrected chi connectivity index (χ1v) is 7.62. The summed E-state index contributed by atoms with van der Waals surface area (Å²) in [6, 6.07) is 5.99. The summed E-state index contributed by atoms with van der Waals surface area (Å²) in [5, 5.41) is 0.824. The number of hydrogen-bond donors (Lipinski definition) is 0. The van der Waals surface area contributed by atoms with Crippen molar-refractivity contribution >= 4 is 29.1 Å². The third-order valence-corrected chi connectivity index (χ3v) is 4.92. The van der Waals surface area contributed by atoms with E-state index < -0.39 is 0 Å². The van der Waals surface area contributed by atoms with E-state index in [2.05, 4.69) is 6.92 Å². The number of nitrogens with zero attached hydrogens (tertiary/aromatic N) is 1. The van der Waals surface area contributed by atoms with E-state index in [4.69, 9.17) is 23.2 Å². The van der Waals surface area contributed by atoms with Crippen LogP contribution in [0.1, 0.15) is 43.0 Å². The summed E-state index contributed by atoms with van der Waals surface area (Å²) in [6.07, 6.45) is 4.70. The molecule has 2 aliphatic rings. The normalized spacial score (nSPS) is 20.2. The maximum atomic E-state index is 12.8. The van der Waals surface area contributed by atoms with E-state index >= 15 is 0 Å². The van der Waals surface area contributed by atoms with Gasteiger partial charge in [-0.2, -0.15) is 0 Å². The SMILES string of the molecule is CC(C1CC1)N(C(=O)c1cccc(Cl)c1Cl)C1CC1. The van der Waals surface area contributed by atoms with Crippen LogP contribution in [0.4, 0.5) is 0 Å². The highest BCUT2D eigenvalue weighted by atomic mass is 35.5. The molecule has 0 aliphatic heterocycles. The first kappa shape index (κ1) is 13.3. The molecule has 1 unspecified atom stereocenters. The first-order valence-electron chi connectivity index (χ1n) is 6.86. The molecule has 19 heavy (non-hydrogen) atoms. The molecule has 2 fully saturated rings. The molecule has 1 amide bonds. The molecule has 0 aromatic heterocycles. The Kier molecular flexibility index (Phi) is 3.48. The summed E-state index contributed by atoms with van der Waals surface area (Å²) >= 11 is 12.2. The third-order valence-electron chi connectivity index (χ3n) is 4.10. The summed E-state index contributed by atoms with van der Waals surface area (Å²) in [5.41, 5.74) is 0.536. The highest BCUT2D eigenvalue weighted by Gasteiger charge is 2.42. The van der Waals surface area contributed by atoms with Crippen molar-refractivity contribution in [2.75, 3.05) is 0 Å². The molecule has 102 valence electrons. The van der Waals surface area contributed by atoms with Gasteiger partial charge in [0.2, 0.25) is 0 Å². The molecule has 0 saturated heterocycles. The summed E-state index contributed by atoms with van der Waals surface area (Å²) in [5.74, 6) is 0.705. The number of carbonyl (C=O) groups is 1. The highest BCUT2D eigenvalue weighted by molar-refractivity contribution is 6.43. The van der Waals surface area contributed by atoms with Crippen LogP contribution in [0.2, 0.25) is 10.0 Å². The zero-order chi connectivity index (χ0) is 13.6. The van der Waals surface area contributed by atoms with Crippen LogP contribution in [0.5, 0.6) is 0 Å². The van der Waals surface area contributed by atoms with E-state index in [1.54, 1.807) is 18.2 Å². The molecule has 0 heterocycles. The smallest absolute Gasteiger partial charge is 0.255 e. The summed E-state index contributed by atoms with van der Waals surface area (Å²) in [7, 11) is 0. The van der Waals surface area contributed by atoms with Crippen molar-refractivity contribution in [3.8, 4) is 0 Å². The van der Waals surface area contributed by atoms with Crippen LogP contribution >= 0.6 is 23.2 Å². The molecule has 3 rings (SSSR count). The van der Waals surface area contributed by atoms with Crippen LogP contribution in [0.25, 0.3) is 0 Å². The van der Waals surface area contributed by atoms with Crippen molar-refractivity contribution in [3.63, 3.8) is 0 Å². The minimum Gasteiger partial charge on any atom is -0.333 e. The van der Waals surface area contributed by atoms with Gasteiger partial charge in [0, 0.05) is 12.1 Å². The molecule has 0 bridgehead atoms. The fourth-order valence-electron chi connectivity index (χ4n) is 2.65. The van der Waals surface area contributed by atoms with E-state index in [9.17, 15) is 4.79 Å². The largest absolute Gasteiger partial charge is 0.333 e. The van der Waals surface area contributed by atoms with Gasteiger partial charge in [-0.3, -0.25) is 4.79 Å². The molecule has 0 N–H and O–H groups in total. The maximum absolute atomic E-state index is 12.8. The average Bonchev–Trinajstić information content (AvgIpc) is 3.25. The zero-order valence-electron chi connectivity index (χ0n) is 10.9. The Labute approximate surface area is 123 Å². The standard InChI is InChI=1S/C15H17Cl2NO/c1-9(10-5-6-10)18(11-7-8-11)15(19)12-3-2-4-13(16)14(12)17/h2-4,9-11H,5-8H2,1H3. The minimum absolute atomic E-state index is 0.0365. The first-order chi connectivity index (χ1) is 9.09. The molecule has 2 saturated carbocycles. The van der Waals surface area contributed by atoms with Crippen LogP contribution in [-0.2, 0) is 0 Å². The molecular formula is C15H17Cl2NO. The lowest BCUT2D eigenvalue weighted by molar-refractivity contribution is 0.0654. The predicted octanol–water partition coefficient (Wildman–Crippen LogP) is 4.40. The second-order valence-corrected chi connectivity index (χ2v) is 6.41. The van der Waals surface area contributed by atoms with E-state index in [1.807, 2.05) is 4.90 Å². The molecule has 2 aliphatic carbocycles.